The summed E-state index contributed by atoms with van der Waals surface area (Å²) >= 11 is 8.64. The fourth-order valence-electron chi connectivity index (χ4n) is 3.05. The van der Waals surface area contributed by atoms with Crippen LogP contribution in [0.3, 0.4) is 0 Å². The number of aromatic nitrogens is 1. The molecule has 0 radical (unpaired) electrons. The van der Waals surface area contributed by atoms with Gasteiger partial charge in [0.25, 0.3) is 0 Å². The molecule has 1 amide bonds. The van der Waals surface area contributed by atoms with E-state index in [0.29, 0.717) is 24.5 Å². The molecule has 1 aromatic carbocycles. The molecule has 0 atom stereocenters. The first-order valence-electron chi connectivity index (χ1n) is 11.3. The molecule has 33 heavy (non-hydrogen) atoms. The van der Waals surface area contributed by atoms with E-state index in [0.717, 1.165) is 28.4 Å². The van der Waals surface area contributed by atoms with E-state index < -0.39 is 10.7 Å². The van der Waals surface area contributed by atoms with Crippen molar-refractivity contribution in [3.8, 4) is 0 Å². The first-order chi connectivity index (χ1) is 15.7. The van der Waals surface area contributed by atoms with Gasteiger partial charge >= 0.3 is 5.97 Å². The molecule has 2 rings (SSSR count). The molecule has 0 spiro atoms. The number of carbonyl (C=O) groups is 2. The number of unbranched alkanes of at least 4 members (excludes halogenated alkanes) is 4. The number of carboxylic acids is 1. The van der Waals surface area contributed by atoms with E-state index in [9.17, 15) is 14.7 Å². The van der Waals surface area contributed by atoms with E-state index >= 15 is 0 Å². The Labute approximate surface area is 210 Å². The SMILES string of the molecule is CCCCCCCN(CCc1csc(SC(C)(C)C(=O)O)n1)C(=O)/C=C/c1ccc(Cl)cc1. The van der Waals surface area contributed by atoms with Crippen LogP contribution in [-0.4, -0.2) is 44.7 Å². The minimum absolute atomic E-state index is 0.0164. The van der Waals surface area contributed by atoms with Crippen molar-refractivity contribution >= 4 is 52.7 Å². The lowest BCUT2D eigenvalue weighted by Crippen LogP contribution is -2.32. The molecule has 1 heterocycles. The minimum atomic E-state index is -0.928. The zero-order valence-electron chi connectivity index (χ0n) is 19.6. The fraction of sp³-hybridized carbons (Fsp3) is 0.480. The maximum absolute atomic E-state index is 12.9. The van der Waals surface area contributed by atoms with Gasteiger partial charge in [0.05, 0.1) is 5.69 Å². The molecule has 1 N–H and O–H groups in total. The summed E-state index contributed by atoms with van der Waals surface area (Å²) in [5, 5.41) is 11.9. The Bertz CT molecular complexity index is 926. The summed E-state index contributed by atoms with van der Waals surface area (Å²) in [6, 6.07) is 7.38. The van der Waals surface area contributed by atoms with Gasteiger partial charge in [0.2, 0.25) is 5.91 Å². The maximum atomic E-state index is 12.9. The van der Waals surface area contributed by atoms with E-state index in [-0.39, 0.29) is 5.91 Å². The molecular formula is C25H33ClN2O3S2. The predicted octanol–water partition coefficient (Wildman–Crippen LogP) is 6.81. The monoisotopic (exact) mass is 508 g/mol. The molecule has 2 aromatic rings. The van der Waals surface area contributed by atoms with Crippen molar-refractivity contribution in [3.05, 3.63) is 52.0 Å². The number of hydrogen-bond acceptors (Lipinski definition) is 5. The number of carboxylic acid groups (broad SMARTS) is 1. The van der Waals surface area contributed by atoms with Crippen LogP contribution in [0.5, 0.6) is 0 Å². The highest BCUT2D eigenvalue weighted by Crippen LogP contribution is 2.34. The first kappa shape index (κ1) is 27.4. The summed E-state index contributed by atoms with van der Waals surface area (Å²) in [5.41, 5.74) is 1.81. The Morgan fingerprint density at radius 3 is 2.52 bits per heavy atom. The second kappa shape index (κ2) is 13.8. The zero-order chi connectivity index (χ0) is 24.3. The number of amides is 1. The normalized spacial score (nSPS) is 11.8. The smallest absolute Gasteiger partial charge is 0.319 e. The van der Waals surface area contributed by atoms with Crippen LogP contribution in [0.4, 0.5) is 0 Å². The van der Waals surface area contributed by atoms with Crippen LogP contribution < -0.4 is 0 Å². The van der Waals surface area contributed by atoms with Gasteiger partial charge in [0, 0.05) is 36.0 Å². The Kier molecular flexibility index (Phi) is 11.4. The standard InChI is InChI=1S/C25H33ClN2O3S2/c1-4-5-6-7-8-16-28(22(29)14-11-19-9-12-20(26)13-10-19)17-15-21-18-32-24(27-21)33-25(2,3)23(30)31/h9-14,18H,4-8,15-17H2,1-3H3,(H,30,31)/b14-11+. The van der Waals surface area contributed by atoms with Crippen molar-refractivity contribution < 1.29 is 14.7 Å². The van der Waals surface area contributed by atoms with Gasteiger partial charge < -0.3 is 10.0 Å². The molecule has 0 aliphatic carbocycles. The number of thiazole rings is 1. The number of aliphatic carboxylic acids is 1. The number of nitrogens with zero attached hydrogens (tertiary/aromatic N) is 2. The molecule has 0 unspecified atom stereocenters. The Balaban J connectivity index is 1.99. The predicted molar refractivity (Wildman–Crippen MR) is 139 cm³/mol. The molecule has 180 valence electrons. The maximum Gasteiger partial charge on any atom is 0.319 e. The van der Waals surface area contributed by atoms with Crippen molar-refractivity contribution in [2.75, 3.05) is 13.1 Å². The third-order valence-corrected chi connectivity index (χ3v) is 7.58. The number of benzene rings is 1. The van der Waals surface area contributed by atoms with Crippen molar-refractivity contribution in [2.24, 2.45) is 0 Å². The van der Waals surface area contributed by atoms with Gasteiger partial charge in [-0.3, -0.25) is 9.59 Å². The van der Waals surface area contributed by atoms with Crippen molar-refractivity contribution in [2.45, 2.75) is 68.4 Å². The number of carbonyl (C=O) groups excluding carboxylic acids is 1. The zero-order valence-corrected chi connectivity index (χ0v) is 21.9. The van der Waals surface area contributed by atoms with Crippen LogP contribution in [0.15, 0.2) is 40.1 Å². The number of rotatable bonds is 14. The van der Waals surface area contributed by atoms with Crippen LogP contribution in [0, 0.1) is 0 Å². The quantitative estimate of drug-likeness (QED) is 0.172. The topological polar surface area (TPSA) is 70.5 Å². The third kappa shape index (κ3) is 9.90. The molecule has 0 bridgehead atoms. The molecule has 0 aliphatic heterocycles. The average molecular weight is 509 g/mol. The Morgan fingerprint density at radius 1 is 1.15 bits per heavy atom. The van der Waals surface area contributed by atoms with Crippen LogP contribution >= 0.6 is 34.7 Å². The Hall–Kier alpha value is -1.83. The van der Waals surface area contributed by atoms with E-state index in [4.69, 9.17) is 11.6 Å². The first-order valence-corrected chi connectivity index (χ1v) is 13.4. The molecular weight excluding hydrogens is 476 g/mol. The highest BCUT2D eigenvalue weighted by molar-refractivity contribution is 8.03. The van der Waals surface area contributed by atoms with E-state index in [1.165, 1.54) is 42.4 Å². The lowest BCUT2D eigenvalue weighted by atomic mass is 10.1. The van der Waals surface area contributed by atoms with Gasteiger partial charge in [0.15, 0.2) is 4.34 Å². The summed E-state index contributed by atoms with van der Waals surface area (Å²) < 4.78 is -0.195. The van der Waals surface area contributed by atoms with E-state index in [1.807, 2.05) is 28.5 Å². The van der Waals surface area contributed by atoms with Gasteiger partial charge in [-0.1, -0.05) is 68.1 Å². The van der Waals surface area contributed by atoms with Crippen molar-refractivity contribution in [1.82, 2.24) is 9.88 Å². The summed E-state index contributed by atoms with van der Waals surface area (Å²) in [7, 11) is 0. The van der Waals surface area contributed by atoms with Crippen LogP contribution in [0.25, 0.3) is 6.08 Å². The second-order valence-corrected chi connectivity index (χ2v) is 11.6. The summed E-state index contributed by atoms with van der Waals surface area (Å²) in [4.78, 5) is 30.7. The highest BCUT2D eigenvalue weighted by atomic mass is 35.5. The van der Waals surface area contributed by atoms with Gasteiger partial charge in [-0.05, 0) is 44.0 Å². The van der Waals surface area contributed by atoms with Gasteiger partial charge in [-0.25, -0.2) is 4.98 Å². The molecule has 0 fully saturated rings. The fourth-order valence-corrected chi connectivity index (χ4v) is 5.40. The van der Waals surface area contributed by atoms with E-state index in [1.54, 1.807) is 32.1 Å². The lowest BCUT2D eigenvalue weighted by molar-refractivity contribution is -0.138. The van der Waals surface area contributed by atoms with Crippen molar-refractivity contribution in [1.29, 1.82) is 0 Å². The van der Waals surface area contributed by atoms with Gasteiger partial charge in [-0.15, -0.1) is 11.3 Å². The van der Waals surface area contributed by atoms with E-state index in [2.05, 4.69) is 11.9 Å². The molecule has 5 nitrogen and oxygen atoms in total. The number of thioether (sulfide) groups is 1. The number of hydrogen-bond donors (Lipinski definition) is 1. The van der Waals surface area contributed by atoms with Crippen molar-refractivity contribution in [3.63, 3.8) is 0 Å². The summed E-state index contributed by atoms with van der Waals surface area (Å²) in [6.45, 7) is 6.83. The average Bonchev–Trinajstić information content (AvgIpc) is 3.21. The Morgan fingerprint density at radius 2 is 1.85 bits per heavy atom. The largest absolute Gasteiger partial charge is 0.480 e. The summed E-state index contributed by atoms with van der Waals surface area (Å²) in [6.07, 6.45) is 9.75. The molecule has 0 aliphatic rings. The minimum Gasteiger partial charge on any atom is -0.480 e. The van der Waals surface area contributed by atoms with Gasteiger partial charge in [-0.2, -0.15) is 0 Å². The molecule has 1 aromatic heterocycles. The second-order valence-electron chi connectivity index (χ2n) is 8.40. The van der Waals surface area contributed by atoms with Gasteiger partial charge in [0.1, 0.15) is 4.75 Å². The highest BCUT2D eigenvalue weighted by Gasteiger charge is 2.29. The van der Waals surface area contributed by atoms with Crippen LogP contribution in [0.2, 0.25) is 5.02 Å². The van der Waals surface area contributed by atoms with Crippen LogP contribution in [-0.2, 0) is 16.0 Å². The molecule has 0 saturated carbocycles. The lowest BCUT2D eigenvalue weighted by Gasteiger charge is -2.21. The molecule has 0 saturated heterocycles. The summed E-state index contributed by atoms with van der Waals surface area (Å²) in [5.74, 6) is -0.881. The number of halogens is 1. The molecule has 8 heteroatoms. The third-order valence-electron chi connectivity index (χ3n) is 5.16. The van der Waals surface area contributed by atoms with Crippen LogP contribution in [0.1, 0.15) is 64.1 Å².